The molecule has 0 saturated carbocycles. The van der Waals surface area contributed by atoms with Crippen molar-refractivity contribution in [2.24, 2.45) is 11.3 Å². The highest BCUT2D eigenvalue weighted by molar-refractivity contribution is 5.67. The first-order valence-electron chi connectivity index (χ1n) is 6.82. The molecule has 1 aliphatic carbocycles. The molecule has 1 aromatic rings. The van der Waals surface area contributed by atoms with Crippen molar-refractivity contribution in [3.05, 3.63) is 46.0 Å². The van der Waals surface area contributed by atoms with Crippen molar-refractivity contribution in [2.75, 3.05) is 0 Å². The maximum absolute atomic E-state index is 10.6. The van der Waals surface area contributed by atoms with Crippen LogP contribution < -0.4 is 0 Å². The molecule has 0 aliphatic heterocycles. The van der Waals surface area contributed by atoms with E-state index >= 15 is 0 Å². The molecule has 0 radical (unpaired) electrons. The summed E-state index contributed by atoms with van der Waals surface area (Å²) in [4.78, 5) is 10.3. The van der Waals surface area contributed by atoms with Crippen molar-refractivity contribution in [1.29, 1.82) is 0 Å². The Labute approximate surface area is 114 Å². The summed E-state index contributed by atoms with van der Waals surface area (Å²) in [6.07, 6.45) is 5.68. The second-order valence-corrected chi connectivity index (χ2v) is 6.37. The van der Waals surface area contributed by atoms with Crippen LogP contribution in [0.5, 0.6) is 0 Å². The number of nitro groups is 1. The predicted molar refractivity (Wildman–Crippen MR) is 77.9 cm³/mol. The second-order valence-electron chi connectivity index (χ2n) is 6.37. The summed E-state index contributed by atoms with van der Waals surface area (Å²) < 4.78 is 0. The normalized spacial score (nSPS) is 19.9. The Hall–Kier alpha value is -1.64. The first-order chi connectivity index (χ1) is 8.88. The highest BCUT2D eigenvalue weighted by Gasteiger charge is 2.26. The zero-order chi connectivity index (χ0) is 14.0. The molecule has 0 fully saturated rings. The van der Waals surface area contributed by atoms with Crippen LogP contribution >= 0.6 is 0 Å². The Morgan fingerprint density at radius 2 is 1.84 bits per heavy atom. The van der Waals surface area contributed by atoms with Gasteiger partial charge in [-0.05, 0) is 53.9 Å². The molecule has 19 heavy (non-hydrogen) atoms. The number of benzene rings is 1. The summed E-state index contributed by atoms with van der Waals surface area (Å²) in [5.74, 6) is 0.731. The molecule has 0 saturated heterocycles. The maximum atomic E-state index is 10.6. The van der Waals surface area contributed by atoms with E-state index in [-0.39, 0.29) is 10.6 Å². The molecule has 1 atom stereocenters. The fourth-order valence-corrected chi connectivity index (χ4v) is 2.68. The molecular weight excluding hydrogens is 238 g/mol. The molecule has 0 N–H and O–H groups in total. The fourth-order valence-electron chi connectivity index (χ4n) is 2.68. The van der Waals surface area contributed by atoms with Crippen LogP contribution in [0.3, 0.4) is 0 Å². The lowest BCUT2D eigenvalue weighted by molar-refractivity contribution is -0.384. The molecular formula is C16H21NO2. The Bertz CT molecular complexity index is 494. The van der Waals surface area contributed by atoms with Crippen LogP contribution in [-0.2, 0) is 0 Å². The summed E-state index contributed by atoms with van der Waals surface area (Å²) in [6.45, 7) is 6.88. The third-order valence-corrected chi connectivity index (χ3v) is 4.08. The number of rotatable bonds is 2. The van der Waals surface area contributed by atoms with Crippen molar-refractivity contribution in [1.82, 2.24) is 0 Å². The first-order valence-corrected chi connectivity index (χ1v) is 6.82. The summed E-state index contributed by atoms with van der Waals surface area (Å²) in [5, 5.41) is 10.6. The molecule has 3 nitrogen and oxygen atoms in total. The first kappa shape index (κ1) is 13.8. The summed E-state index contributed by atoms with van der Waals surface area (Å²) >= 11 is 0. The van der Waals surface area contributed by atoms with Gasteiger partial charge in [-0.25, -0.2) is 0 Å². The number of hydrogen-bond acceptors (Lipinski definition) is 2. The molecule has 0 heterocycles. The Morgan fingerprint density at radius 3 is 2.26 bits per heavy atom. The van der Waals surface area contributed by atoms with Gasteiger partial charge in [0.2, 0.25) is 0 Å². The van der Waals surface area contributed by atoms with Gasteiger partial charge in [0.1, 0.15) is 0 Å². The zero-order valence-corrected chi connectivity index (χ0v) is 11.8. The standard InChI is InChI=1S/C16H21NO2/c1-16(2,3)14-8-4-12(5-9-14)13-6-10-15(11-7-13)17(18)19/h4,6-7,10-11,14H,5,8-9H2,1-3H3. The number of nitro benzene ring substituents is 1. The van der Waals surface area contributed by atoms with Gasteiger partial charge >= 0.3 is 0 Å². The van der Waals surface area contributed by atoms with Gasteiger partial charge in [-0.15, -0.1) is 0 Å². The van der Waals surface area contributed by atoms with Crippen molar-refractivity contribution in [3.63, 3.8) is 0 Å². The van der Waals surface area contributed by atoms with Crippen molar-refractivity contribution < 1.29 is 4.92 Å². The fraction of sp³-hybridized carbons (Fsp3) is 0.500. The van der Waals surface area contributed by atoms with E-state index in [4.69, 9.17) is 0 Å². The third kappa shape index (κ3) is 3.22. The summed E-state index contributed by atoms with van der Waals surface area (Å²) in [5.41, 5.74) is 2.97. The minimum absolute atomic E-state index is 0.160. The Morgan fingerprint density at radius 1 is 1.21 bits per heavy atom. The van der Waals surface area contributed by atoms with E-state index in [0.29, 0.717) is 5.41 Å². The molecule has 3 heteroatoms. The summed E-state index contributed by atoms with van der Waals surface area (Å²) in [7, 11) is 0. The molecule has 1 aliphatic rings. The van der Waals surface area contributed by atoms with Gasteiger partial charge < -0.3 is 0 Å². The van der Waals surface area contributed by atoms with E-state index in [2.05, 4.69) is 26.8 Å². The zero-order valence-electron chi connectivity index (χ0n) is 11.8. The number of allylic oxidation sites excluding steroid dienone is 2. The number of non-ortho nitro benzene ring substituents is 1. The lowest BCUT2D eigenvalue weighted by atomic mass is 9.72. The highest BCUT2D eigenvalue weighted by atomic mass is 16.6. The quantitative estimate of drug-likeness (QED) is 0.564. The molecule has 0 aromatic heterocycles. The summed E-state index contributed by atoms with van der Waals surface area (Å²) in [6, 6.07) is 6.90. The van der Waals surface area contributed by atoms with Crippen LogP contribution in [0.15, 0.2) is 30.3 Å². The molecule has 1 unspecified atom stereocenters. The van der Waals surface area contributed by atoms with Gasteiger partial charge in [0, 0.05) is 12.1 Å². The van der Waals surface area contributed by atoms with Crippen LogP contribution in [0.2, 0.25) is 0 Å². The smallest absolute Gasteiger partial charge is 0.258 e. The average molecular weight is 259 g/mol. The molecule has 1 aromatic carbocycles. The van der Waals surface area contributed by atoms with Gasteiger partial charge in [0.15, 0.2) is 0 Å². The maximum Gasteiger partial charge on any atom is 0.269 e. The van der Waals surface area contributed by atoms with Crippen molar-refractivity contribution in [3.8, 4) is 0 Å². The molecule has 0 amide bonds. The predicted octanol–water partition coefficient (Wildman–Crippen LogP) is 4.82. The van der Waals surface area contributed by atoms with Gasteiger partial charge in [0.05, 0.1) is 4.92 Å². The average Bonchev–Trinajstić information content (AvgIpc) is 2.38. The number of hydrogen-bond donors (Lipinski definition) is 0. The van der Waals surface area contributed by atoms with E-state index in [0.717, 1.165) is 24.3 Å². The Kier molecular flexibility index (Phi) is 3.74. The topological polar surface area (TPSA) is 43.1 Å². The van der Waals surface area contributed by atoms with Crippen LogP contribution in [-0.4, -0.2) is 4.92 Å². The lowest BCUT2D eigenvalue weighted by Crippen LogP contribution is -2.21. The van der Waals surface area contributed by atoms with E-state index in [1.54, 1.807) is 12.1 Å². The third-order valence-electron chi connectivity index (χ3n) is 4.08. The van der Waals surface area contributed by atoms with Crippen molar-refractivity contribution in [2.45, 2.75) is 40.0 Å². The SMILES string of the molecule is CC(C)(C)C1CC=C(c2ccc([N+](=O)[O-])cc2)CC1. The molecule has 0 spiro atoms. The lowest BCUT2D eigenvalue weighted by Gasteiger charge is -2.33. The largest absolute Gasteiger partial charge is 0.269 e. The van der Waals surface area contributed by atoms with Crippen molar-refractivity contribution >= 4 is 11.3 Å². The van der Waals surface area contributed by atoms with Crippen LogP contribution in [0, 0.1) is 21.4 Å². The second kappa shape index (κ2) is 5.16. The molecule has 102 valence electrons. The van der Waals surface area contributed by atoms with Crippen LogP contribution in [0.1, 0.15) is 45.6 Å². The molecule has 2 rings (SSSR count). The van der Waals surface area contributed by atoms with E-state index in [1.165, 1.54) is 12.0 Å². The van der Waals surface area contributed by atoms with Crippen LogP contribution in [0.25, 0.3) is 5.57 Å². The van der Waals surface area contributed by atoms with E-state index in [9.17, 15) is 10.1 Å². The highest BCUT2D eigenvalue weighted by Crippen LogP contribution is 2.39. The minimum Gasteiger partial charge on any atom is -0.258 e. The van der Waals surface area contributed by atoms with Gasteiger partial charge in [0.25, 0.3) is 5.69 Å². The number of nitrogens with zero attached hydrogens (tertiary/aromatic N) is 1. The molecule has 0 bridgehead atoms. The van der Waals surface area contributed by atoms with Gasteiger partial charge in [-0.1, -0.05) is 26.8 Å². The van der Waals surface area contributed by atoms with Gasteiger partial charge in [-0.3, -0.25) is 10.1 Å². The van der Waals surface area contributed by atoms with Crippen LogP contribution in [0.4, 0.5) is 5.69 Å². The van der Waals surface area contributed by atoms with Gasteiger partial charge in [-0.2, -0.15) is 0 Å². The Balaban J connectivity index is 2.12. The minimum atomic E-state index is -0.353. The monoisotopic (exact) mass is 259 g/mol. The van der Waals surface area contributed by atoms with E-state index in [1.807, 2.05) is 12.1 Å². The van der Waals surface area contributed by atoms with E-state index < -0.39 is 0 Å².